The van der Waals surface area contributed by atoms with Gasteiger partial charge in [0.2, 0.25) is 5.78 Å². The third kappa shape index (κ3) is 4.12. The minimum atomic E-state index is -0.997. The lowest BCUT2D eigenvalue weighted by Crippen LogP contribution is -1.94. The third-order valence-electron chi connectivity index (χ3n) is 4.42. The van der Waals surface area contributed by atoms with E-state index in [-0.39, 0.29) is 22.9 Å². The number of aromatic carboxylic acids is 1. The zero-order valence-corrected chi connectivity index (χ0v) is 15.5. The van der Waals surface area contributed by atoms with Crippen LogP contribution in [0.25, 0.3) is 28.7 Å². The van der Waals surface area contributed by atoms with Crippen molar-refractivity contribution in [3.63, 3.8) is 0 Å². The van der Waals surface area contributed by atoms with E-state index in [4.69, 9.17) is 13.9 Å². The monoisotopic (exact) mass is 402 g/mol. The van der Waals surface area contributed by atoms with Gasteiger partial charge < -0.3 is 13.9 Å². The molecule has 0 aliphatic carbocycles. The van der Waals surface area contributed by atoms with E-state index >= 15 is 0 Å². The van der Waals surface area contributed by atoms with Crippen LogP contribution >= 0.6 is 0 Å². The Morgan fingerprint density at radius 3 is 2.03 bits per heavy atom. The molecule has 148 valence electrons. The molecular weight excluding hydrogens is 387 g/mol. The van der Waals surface area contributed by atoms with Gasteiger partial charge in [-0.15, -0.1) is 0 Å². The molecule has 0 spiro atoms. The van der Waals surface area contributed by atoms with Crippen molar-refractivity contribution in [1.82, 2.24) is 0 Å². The summed E-state index contributed by atoms with van der Waals surface area (Å²) in [4.78, 5) is 23.3. The molecule has 1 N–H and O–H groups in total. The van der Waals surface area contributed by atoms with E-state index in [1.54, 1.807) is 48.5 Å². The molecule has 0 aliphatic heterocycles. The summed E-state index contributed by atoms with van der Waals surface area (Å²) < 4.78 is 24.3. The van der Waals surface area contributed by atoms with Crippen molar-refractivity contribution in [1.29, 1.82) is 0 Å². The Morgan fingerprint density at radius 2 is 1.37 bits per heavy atom. The van der Waals surface area contributed by atoms with Crippen molar-refractivity contribution in [2.24, 2.45) is 0 Å². The first kappa shape index (κ1) is 19.1. The fourth-order valence-corrected chi connectivity index (χ4v) is 2.85. The minimum absolute atomic E-state index is 0.154. The van der Waals surface area contributed by atoms with E-state index in [9.17, 15) is 14.0 Å². The zero-order valence-electron chi connectivity index (χ0n) is 15.5. The number of benzene rings is 2. The maximum atomic E-state index is 13.0. The average molecular weight is 402 g/mol. The van der Waals surface area contributed by atoms with Gasteiger partial charge in [0.1, 0.15) is 23.1 Å². The van der Waals surface area contributed by atoms with Gasteiger partial charge in [-0.3, -0.25) is 4.79 Å². The van der Waals surface area contributed by atoms with Crippen LogP contribution in [0.3, 0.4) is 0 Å². The molecule has 0 amide bonds. The molecule has 30 heavy (non-hydrogen) atoms. The predicted octanol–water partition coefficient (Wildman–Crippen LogP) is 5.94. The topological polar surface area (TPSA) is 80.6 Å². The second-order valence-corrected chi connectivity index (χ2v) is 6.45. The largest absolute Gasteiger partial charge is 0.478 e. The van der Waals surface area contributed by atoms with Gasteiger partial charge in [-0.25, -0.2) is 9.18 Å². The highest BCUT2D eigenvalue weighted by Gasteiger charge is 2.11. The van der Waals surface area contributed by atoms with Crippen molar-refractivity contribution in [2.45, 2.75) is 0 Å². The minimum Gasteiger partial charge on any atom is -0.478 e. The molecule has 0 saturated heterocycles. The number of ketones is 1. The highest BCUT2D eigenvalue weighted by atomic mass is 19.1. The Hall–Kier alpha value is -4.19. The molecule has 0 aliphatic rings. The number of hydrogen-bond donors (Lipinski definition) is 1. The summed E-state index contributed by atoms with van der Waals surface area (Å²) >= 11 is 0. The Kier molecular flexibility index (Phi) is 5.13. The SMILES string of the molecule is O=C(O)c1ccc(-c2ccc(C=CC(=O)c3ccc(-c4ccc(F)cc4)o3)o2)cc1. The third-order valence-corrected chi connectivity index (χ3v) is 4.42. The quantitative estimate of drug-likeness (QED) is 0.319. The first-order valence-corrected chi connectivity index (χ1v) is 9.01. The van der Waals surface area contributed by atoms with Crippen molar-refractivity contribution in [3.05, 3.63) is 102 Å². The van der Waals surface area contributed by atoms with Gasteiger partial charge in [-0.2, -0.15) is 0 Å². The van der Waals surface area contributed by atoms with Crippen LogP contribution in [0.4, 0.5) is 4.39 Å². The van der Waals surface area contributed by atoms with E-state index in [2.05, 4.69) is 0 Å². The number of carboxylic acids is 1. The van der Waals surface area contributed by atoms with Gasteiger partial charge in [0.05, 0.1) is 5.56 Å². The lowest BCUT2D eigenvalue weighted by Gasteiger charge is -1.98. The standard InChI is InChI=1S/C24H15FO5/c25-18-7-5-16(6-8-18)22-13-14-23(30-22)20(26)11-9-19-10-12-21(29-19)15-1-3-17(4-2-15)24(27)28/h1-14H,(H,27,28). The molecule has 2 heterocycles. The number of furan rings is 2. The van der Waals surface area contributed by atoms with Crippen LogP contribution in [0.1, 0.15) is 26.7 Å². The van der Waals surface area contributed by atoms with Crippen molar-refractivity contribution in [3.8, 4) is 22.6 Å². The first-order chi connectivity index (χ1) is 14.5. The van der Waals surface area contributed by atoms with E-state index in [1.165, 1.54) is 36.4 Å². The second-order valence-electron chi connectivity index (χ2n) is 6.45. The Bertz CT molecular complexity index is 1230. The summed E-state index contributed by atoms with van der Waals surface area (Å²) in [7, 11) is 0. The Balaban J connectivity index is 1.46. The molecule has 6 heteroatoms. The lowest BCUT2D eigenvalue weighted by molar-refractivity contribution is 0.0696. The summed E-state index contributed by atoms with van der Waals surface area (Å²) in [6.07, 6.45) is 2.86. The van der Waals surface area contributed by atoms with E-state index in [0.717, 1.165) is 5.56 Å². The zero-order chi connectivity index (χ0) is 21.1. The van der Waals surface area contributed by atoms with E-state index < -0.39 is 5.97 Å². The molecule has 0 bridgehead atoms. The van der Waals surface area contributed by atoms with E-state index in [1.807, 2.05) is 0 Å². The normalized spacial score (nSPS) is 11.1. The lowest BCUT2D eigenvalue weighted by atomic mass is 10.1. The van der Waals surface area contributed by atoms with Crippen LogP contribution in [0.5, 0.6) is 0 Å². The summed E-state index contributed by atoms with van der Waals surface area (Å²) in [6, 6.07) is 18.7. The number of rotatable bonds is 6. The van der Waals surface area contributed by atoms with Crippen LogP contribution in [0.2, 0.25) is 0 Å². The number of carbonyl (C=O) groups excluding carboxylic acids is 1. The van der Waals surface area contributed by atoms with Crippen molar-refractivity contribution < 1.29 is 27.9 Å². The number of halogens is 1. The smallest absolute Gasteiger partial charge is 0.335 e. The molecule has 0 unspecified atom stereocenters. The fraction of sp³-hybridized carbons (Fsp3) is 0. The second kappa shape index (κ2) is 8.05. The van der Waals surface area contributed by atoms with E-state index in [0.29, 0.717) is 22.8 Å². The number of hydrogen-bond acceptors (Lipinski definition) is 4. The summed E-state index contributed by atoms with van der Waals surface area (Å²) in [5.41, 5.74) is 1.58. The van der Waals surface area contributed by atoms with Crippen LogP contribution in [-0.4, -0.2) is 16.9 Å². The maximum absolute atomic E-state index is 13.0. The van der Waals surface area contributed by atoms with Gasteiger partial charge in [-0.05, 0) is 72.8 Å². The highest BCUT2D eigenvalue weighted by molar-refractivity contribution is 6.05. The van der Waals surface area contributed by atoms with Crippen LogP contribution < -0.4 is 0 Å². The molecule has 0 atom stereocenters. The van der Waals surface area contributed by atoms with Crippen molar-refractivity contribution in [2.75, 3.05) is 0 Å². The van der Waals surface area contributed by atoms with Crippen LogP contribution in [-0.2, 0) is 0 Å². The molecule has 4 rings (SSSR count). The summed E-state index contributed by atoms with van der Waals surface area (Å²) in [5.74, 6) is -0.0454. The summed E-state index contributed by atoms with van der Waals surface area (Å²) in [5, 5.41) is 8.96. The fourth-order valence-electron chi connectivity index (χ4n) is 2.85. The maximum Gasteiger partial charge on any atom is 0.335 e. The molecule has 2 aromatic heterocycles. The molecule has 0 saturated carbocycles. The van der Waals surface area contributed by atoms with Crippen molar-refractivity contribution >= 4 is 17.8 Å². The predicted molar refractivity (Wildman–Crippen MR) is 109 cm³/mol. The molecule has 2 aromatic carbocycles. The van der Waals surface area contributed by atoms with Gasteiger partial charge in [0, 0.05) is 11.1 Å². The van der Waals surface area contributed by atoms with Gasteiger partial charge in [0.25, 0.3) is 0 Å². The molecule has 5 nitrogen and oxygen atoms in total. The number of carbonyl (C=O) groups is 2. The summed E-state index contributed by atoms with van der Waals surface area (Å²) in [6.45, 7) is 0. The molecule has 0 radical (unpaired) electrons. The molecular formula is C24H15FO5. The highest BCUT2D eigenvalue weighted by Crippen LogP contribution is 2.25. The first-order valence-electron chi connectivity index (χ1n) is 9.01. The Labute approximate surface area is 170 Å². The molecule has 0 fully saturated rings. The average Bonchev–Trinajstić information content (AvgIpc) is 3.43. The molecule has 4 aromatic rings. The van der Waals surface area contributed by atoms with Crippen LogP contribution in [0, 0.1) is 5.82 Å². The van der Waals surface area contributed by atoms with Gasteiger partial charge in [0.15, 0.2) is 5.76 Å². The van der Waals surface area contributed by atoms with Crippen LogP contribution in [0.15, 0.2) is 87.7 Å². The van der Waals surface area contributed by atoms with Gasteiger partial charge >= 0.3 is 5.97 Å². The number of allylic oxidation sites excluding steroid dienone is 1. The van der Waals surface area contributed by atoms with Gasteiger partial charge in [-0.1, -0.05) is 12.1 Å². The number of carboxylic acid groups (broad SMARTS) is 1. The Morgan fingerprint density at radius 1 is 0.767 bits per heavy atom.